The van der Waals surface area contributed by atoms with Gasteiger partial charge in [0.2, 0.25) is 0 Å². The number of urea groups is 1. The van der Waals surface area contributed by atoms with Crippen LogP contribution in [0.2, 0.25) is 0 Å². The minimum absolute atomic E-state index is 0.151. The first kappa shape index (κ1) is 15.2. The number of pyridine rings is 1. The smallest absolute Gasteiger partial charge is 0.356 e. The fraction of sp³-hybridized carbons (Fsp3) is 0.500. The van der Waals surface area contributed by atoms with Crippen molar-refractivity contribution in [1.29, 1.82) is 0 Å². The summed E-state index contributed by atoms with van der Waals surface area (Å²) in [6.07, 6.45) is 1.39. The summed E-state index contributed by atoms with van der Waals surface area (Å²) in [4.78, 5) is 30.9. The highest BCUT2D eigenvalue weighted by molar-refractivity contribution is 5.98. The third-order valence-corrected chi connectivity index (χ3v) is 3.78. The van der Waals surface area contributed by atoms with Crippen molar-refractivity contribution in [1.82, 2.24) is 14.8 Å². The summed E-state index contributed by atoms with van der Waals surface area (Å²) in [5, 5.41) is 11.7. The summed E-state index contributed by atoms with van der Waals surface area (Å²) in [6, 6.07) is 3.15. The molecular formula is C14H20N4O3. The lowest BCUT2D eigenvalue weighted by Gasteiger charge is -2.22. The molecule has 2 N–H and O–H groups in total. The van der Waals surface area contributed by atoms with Gasteiger partial charge in [-0.1, -0.05) is 6.92 Å². The van der Waals surface area contributed by atoms with Crippen LogP contribution in [0.4, 0.5) is 10.5 Å². The van der Waals surface area contributed by atoms with Crippen molar-refractivity contribution in [3.8, 4) is 0 Å². The van der Waals surface area contributed by atoms with Crippen LogP contribution in [0.5, 0.6) is 0 Å². The molecule has 2 amide bonds. The Hall–Kier alpha value is -2.15. The fourth-order valence-electron chi connectivity index (χ4n) is 2.66. The van der Waals surface area contributed by atoms with E-state index in [2.05, 4.69) is 22.1 Å². The van der Waals surface area contributed by atoms with Crippen molar-refractivity contribution >= 4 is 17.7 Å². The molecule has 2 rings (SSSR count). The zero-order valence-corrected chi connectivity index (χ0v) is 12.4. The molecule has 0 saturated carbocycles. The highest BCUT2D eigenvalue weighted by atomic mass is 16.4. The van der Waals surface area contributed by atoms with Gasteiger partial charge in [0.25, 0.3) is 0 Å². The molecule has 7 nitrogen and oxygen atoms in total. The van der Waals surface area contributed by atoms with Gasteiger partial charge in [-0.15, -0.1) is 0 Å². The van der Waals surface area contributed by atoms with Gasteiger partial charge in [-0.3, -0.25) is 0 Å². The van der Waals surface area contributed by atoms with Crippen LogP contribution in [-0.2, 0) is 0 Å². The van der Waals surface area contributed by atoms with Gasteiger partial charge >= 0.3 is 12.0 Å². The lowest BCUT2D eigenvalue weighted by atomic mass is 10.1. The quantitative estimate of drug-likeness (QED) is 0.874. The lowest BCUT2D eigenvalue weighted by Crippen LogP contribution is -2.37. The molecule has 1 aliphatic heterocycles. The van der Waals surface area contributed by atoms with E-state index >= 15 is 0 Å². The van der Waals surface area contributed by atoms with Crippen LogP contribution in [0.3, 0.4) is 0 Å². The summed E-state index contributed by atoms with van der Waals surface area (Å²) < 4.78 is 0. The molecule has 0 bridgehead atoms. The molecule has 2 heterocycles. The number of nitrogens with one attached hydrogen (secondary N) is 1. The minimum atomic E-state index is -1.16. The summed E-state index contributed by atoms with van der Waals surface area (Å²) in [5.74, 6) is -0.787. The molecule has 114 valence electrons. The Bertz CT molecular complexity index is 547. The number of likely N-dealkylation sites (tertiary alicyclic amines) is 1. The van der Waals surface area contributed by atoms with Gasteiger partial charge in [-0.25, -0.2) is 14.6 Å². The molecule has 7 heteroatoms. The zero-order chi connectivity index (χ0) is 15.6. The molecule has 0 spiro atoms. The summed E-state index contributed by atoms with van der Waals surface area (Å²) in [6.45, 7) is 3.38. The molecule has 2 atom stereocenters. The van der Waals surface area contributed by atoms with Gasteiger partial charge < -0.3 is 20.2 Å². The predicted octanol–water partition coefficient (Wildman–Crippen LogP) is 1.19. The molecule has 1 aromatic heterocycles. The maximum absolute atomic E-state index is 12.3. The predicted molar refractivity (Wildman–Crippen MR) is 78.4 cm³/mol. The third-order valence-electron chi connectivity index (χ3n) is 3.78. The fourth-order valence-corrected chi connectivity index (χ4v) is 2.66. The highest BCUT2D eigenvalue weighted by Gasteiger charge is 2.33. The number of likely N-dealkylation sites (N-methyl/N-ethyl adjacent to an activating group) is 1. The number of rotatable bonds is 3. The first-order valence-electron chi connectivity index (χ1n) is 6.80. The molecule has 2 unspecified atom stereocenters. The number of hydrogen-bond acceptors (Lipinski definition) is 4. The number of carboxylic acids is 1. The molecule has 21 heavy (non-hydrogen) atoms. The van der Waals surface area contributed by atoms with E-state index in [1.165, 1.54) is 12.3 Å². The van der Waals surface area contributed by atoms with Crippen molar-refractivity contribution < 1.29 is 14.7 Å². The topological polar surface area (TPSA) is 85.8 Å². The Balaban J connectivity index is 2.08. The molecular weight excluding hydrogens is 272 g/mol. The Morgan fingerprint density at radius 1 is 1.43 bits per heavy atom. The number of hydrogen-bond donors (Lipinski definition) is 2. The molecule has 1 saturated heterocycles. The lowest BCUT2D eigenvalue weighted by molar-refractivity contribution is 0.0691. The first-order valence-corrected chi connectivity index (χ1v) is 6.80. The van der Waals surface area contributed by atoms with Crippen LogP contribution in [-0.4, -0.2) is 65.1 Å². The second-order valence-electron chi connectivity index (χ2n) is 5.55. The van der Waals surface area contributed by atoms with Gasteiger partial charge in [0.1, 0.15) is 0 Å². The summed E-state index contributed by atoms with van der Waals surface area (Å²) in [5.41, 5.74) is 0.0678. The Morgan fingerprint density at radius 3 is 2.71 bits per heavy atom. The minimum Gasteiger partial charge on any atom is -0.476 e. The van der Waals surface area contributed by atoms with Crippen LogP contribution >= 0.6 is 0 Å². The van der Waals surface area contributed by atoms with E-state index in [0.717, 1.165) is 0 Å². The second kappa shape index (κ2) is 6.09. The number of carbonyl (C=O) groups is 2. The van der Waals surface area contributed by atoms with E-state index in [-0.39, 0.29) is 17.4 Å². The highest BCUT2D eigenvalue weighted by Crippen LogP contribution is 2.21. The van der Waals surface area contributed by atoms with Crippen molar-refractivity contribution in [3.63, 3.8) is 0 Å². The van der Waals surface area contributed by atoms with Gasteiger partial charge in [-0.2, -0.15) is 0 Å². The molecule has 1 fully saturated rings. The Kier molecular flexibility index (Phi) is 4.42. The van der Waals surface area contributed by atoms with Crippen LogP contribution in [0, 0.1) is 5.92 Å². The number of carbonyl (C=O) groups excluding carboxylic acids is 1. The summed E-state index contributed by atoms with van der Waals surface area (Å²) in [7, 11) is 3.98. The largest absolute Gasteiger partial charge is 0.476 e. The molecule has 1 aliphatic rings. The van der Waals surface area contributed by atoms with E-state index < -0.39 is 5.97 Å². The molecule has 1 aromatic rings. The third kappa shape index (κ3) is 3.30. The van der Waals surface area contributed by atoms with Crippen LogP contribution in [0.15, 0.2) is 18.3 Å². The van der Waals surface area contributed by atoms with E-state index in [4.69, 9.17) is 5.11 Å². The SMILES string of the molecule is CC1CN(C(=O)Nc2cccnc2C(=O)O)CC1N(C)C. The number of nitrogens with zero attached hydrogens (tertiary/aromatic N) is 3. The molecule has 0 aromatic carbocycles. The Morgan fingerprint density at radius 2 is 2.14 bits per heavy atom. The van der Waals surface area contributed by atoms with E-state index in [1.807, 2.05) is 14.1 Å². The van der Waals surface area contributed by atoms with Crippen molar-refractivity contribution in [3.05, 3.63) is 24.0 Å². The maximum atomic E-state index is 12.3. The summed E-state index contributed by atoms with van der Waals surface area (Å²) >= 11 is 0. The normalized spacial score (nSPS) is 21.6. The van der Waals surface area contributed by atoms with Crippen LogP contribution in [0.25, 0.3) is 0 Å². The van der Waals surface area contributed by atoms with Gasteiger partial charge in [0.05, 0.1) is 5.69 Å². The van der Waals surface area contributed by atoms with Crippen LogP contribution < -0.4 is 5.32 Å². The Labute approximate surface area is 123 Å². The number of aromatic nitrogens is 1. The number of carboxylic acid groups (broad SMARTS) is 1. The maximum Gasteiger partial charge on any atom is 0.356 e. The van der Waals surface area contributed by atoms with E-state index in [9.17, 15) is 9.59 Å². The van der Waals surface area contributed by atoms with E-state index in [0.29, 0.717) is 25.0 Å². The number of aromatic carboxylic acids is 1. The van der Waals surface area contributed by atoms with Crippen molar-refractivity contribution in [2.75, 3.05) is 32.5 Å². The van der Waals surface area contributed by atoms with E-state index in [1.54, 1.807) is 11.0 Å². The van der Waals surface area contributed by atoms with Crippen LogP contribution in [0.1, 0.15) is 17.4 Å². The molecule has 0 radical (unpaired) electrons. The van der Waals surface area contributed by atoms with Gasteiger partial charge in [0, 0.05) is 25.3 Å². The average molecular weight is 292 g/mol. The monoisotopic (exact) mass is 292 g/mol. The number of amides is 2. The van der Waals surface area contributed by atoms with Crippen molar-refractivity contribution in [2.45, 2.75) is 13.0 Å². The number of anilines is 1. The standard InChI is InChI=1S/C14H20N4O3/c1-9-7-18(8-11(9)17(2)3)14(21)16-10-5-4-6-15-12(10)13(19)20/h4-6,9,11H,7-8H2,1-3H3,(H,16,21)(H,19,20). The van der Waals surface area contributed by atoms with Crippen molar-refractivity contribution in [2.24, 2.45) is 5.92 Å². The van der Waals surface area contributed by atoms with Gasteiger partial charge in [-0.05, 0) is 32.1 Å². The first-order chi connectivity index (χ1) is 9.90. The average Bonchev–Trinajstić information content (AvgIpc) is 2.81. The molecule has 0 aliphatic carbocycles. The van der Waals surface area contributed by atoms with Gasteiger partial charge in [0.15, 0.2) is 5.69 Å². The zero-order valence-electron chi connectivity index (χ0n) is 12.4. The second-order valence-corrected chi connectivity index (χ2v) is 5.55.